The number of carbonyl (C=O) groups excluding carboxylic acids is 2. The van der Waals surface area contributed by atoms with E-state index in [-0.39, 0.29) is 12.5 Å². The maximum atomic E-state index is 13.5. The molecule has 2 aromatic rings. The lowest BCUT2D eigenvalue weighted by atomic mass is 10.1. The summed E-state index contributed by atoms with van der Waals surface area (Å²) in [5.41, 5.74) is 1.90. The van der Waals surface area contributed by atoms with Crippen LogP contribution in [0.5, 0.6) is 0 Å². The van der Waals surface area contributed by atoms with Crippen LogP contribution in [-0.2, 0) is 26.2 Å². The maximum Gasteiger partial charge on any atom is 0.244 e. The lowest BCUT2D eigenvalue weighted by molar-refractivity contribution is -0.139. The van der Waals surface area contributed by atoms with Crippen LogP contribution in [0.1, 0.15) is 37.8 Å². The standard InChI is InChI=1S/C24H31Cl2N3O4S/c1-5-6-12-27-24(31)18(3)28(15-19-10-11-21(25)22(26)14-19)23(30)16-29(34(4,32)33)20-9-7-8-17(2)13-20/h7-11,13-14,18H,5-6,12,15-16H2,1-4H3,(H,27,31)/t18-/m1/s1. The zero-order valence-electron chi connectivity index (χ0n) is 19.8. The summed E-state index contributed by atoms with van der Waals surface area (Å²) in [7, 11) is -3.77. The Morgan fingerprint density at radius 1 is 1.09 bits per heavy atom. The fraction of sp³-hybridized carbons (Fsp3) is 0.417. The second kappa shape index (κ2) is 12.4. The van der Waals surface area contributed by atoms with Gasteiger partial charge in [-0.15, -0.1) is 0 Å². The van der Waals surface area contributed by atoms with E-state index in [0.29, 0.717) is 27.8 Å². The largest absolute Gasteiger partial charge is 0.354 e. The second-order valence-corrected chi connectivity index (χ2v) is 10.9. The highest BCUT2D eigenvalue weighted by molar-refractivity contribution is 7.92. The number of carbonyl (C=O) groups is 2. The van der Waals surface area contributed by atoms with Crippen LogP contribution in [0.25, 0.3) is 0 Å². The van der Waals surface area contributed by atoms with E-state index >= 15 is 0 Å². The lowest BCUT2D eigenvalue weighted by Gasteiger charge is -2.31. The first-order chi connectivity index (χ1) is 15.9. The average molecular weight is 529 g/mol. The molecule has 0 bridgehead atoms. The number of rotatable bonds is 11. The number of aryl methyl sites for hydroxylation is 1. The van der Waals surface area contributed by atoms with Crippen molar-refractivity contribution in [2.24, 2.45) is 0 Å². The molecule has 0 fully saturated rings. The summed E-state index contributed by atoms with van der Waals surface area (Å²) in [6, 6.07) is 11.0. The molecule has 0 saturated heterocycles. The quantitative estimate of drug-likeness (QED) is 0.438. The SMILES string of the molecule is CCCCNC(=O)[C@@H](C)N(Cc1ccc(Cl)c(Cl)c1)C(=O)CN(c1cccc(C)c1)S(C)(=O)=O. The Labute approximate surface area is 212 Å². The maximum absolute atomic E-state index is 13.5. The van der Waals surface area contributed by atoms with Gasteiger partial charge in [-0.2, -0.15) is 0 Å². The Balaban J connectivity index is 2.37. The Morgan fingerprint density at radius 2 is 1.79 bits per heavy atom. The van der Waals surface area contributed by atoms with Crippen molar-refractivity contribution in [1.29, 1.82) is 0 Å². The van der Waals surface area contributed by atoms with E-state index in [9.17, 15) is 18.0 Å². The smallest absolute Gasteiger partial charge is 0.244 e. The van der Waals surface area contributed by atoms with E-state index in [2.05, 4.69) is 5.32 Å². The van der Waals surface area contributed by atoms with Gasteiger partial charge in [0.05, 0.1) is 22.0 Å². The van der Waals surface area contributed by atoms with Gasteiger partial charge in [0.15, 0.2) is 0 Å². The molecule has 0 unspecified atom stereocenters. The van der Waals surface area contributed by atoms with Gasteiger partial charge < -0.3 is 10.2 Å². The molecule has 0 heterocycles. The Hall–Kier alpha value is -2.29. The Bertz CT molecular complexity index is 1120. The monoisotopic (exact) mass is 527 g/mol. The normalized spacial score (nSPS) is 12.2. The molecule has 2 aromatic carbocycles. The number of amides is 2. The molecule has 186 valence electrons. The van der Waals surface area contributed by atoms with E-state index in [0.717, 1.165) is 29.0 Å². The number of hydrogen-bond donors (Lipinski definition) is 1. The van der Waals surface area contributed by atoms with Crippen molar-refractivity contribution >= 4 is 50.7 Å². The van der Waals surface area contributed by atoms with E-state index in [1.165, 1.54) is 4.90 Å². The van der Waals surface area contributed by atoms with Gasteiger partial charge in [-0.05, 0) is 55.7 Å². The van der Waals surface area contributed by atoms with E-state index in [4.69, 9.17) is 23.2 Å². The molecule has 10 heteroatoms. The molecule has 0 aromatic heterocycles. The van der Waals surface area contributed by atoms with Crippen molar-refractivity contribution in [3.63, 3.8) is 0 Å². The highest BCUT2D eigenvalue weighted by atomic mass is 35.5. The van der Waals surface area contributed by atoms with Gasteiger partial charge in [-0.25, -0.2) is 8.42 Å². The number of benzene rings is 2. The van der Waals surface area contributed by atoms with Gasteiger partial charge >= 0.3 is 0 Å². The molecular weight excluding hydrogens is 497 g/mol. The molecule has 2 rings (SSSR count). The molecular formula is C24H31Cl2N3O4S. The lowest BCUT2D eigenvalue weighted by Crippen LogP contribution is -2.51. The molecule has 0 aliphatic heterocycles. The van der Waals surface area contributed by atoms with Crippen molar-refractivity contribution in [1.82, 2.24) is 10.2 Å². The highest BCUT2D eigenvalue weighted by Gasteiger charge is 2.30. The fourth-order valence-corrected chi connectivity index (χ4v) is 4.51. The van der Waals surface area contributed by atoms with Gasteiger partial charge in [0, 0.05) is 13.1 Å². The van der Waals surface area contributed by atoms with Crippen molar-refractivity contribution in [2.75, 3.05) is 23.7 Å². The third-order valence-corrected chi connectivity index (χ3v) is 7.18. The highest BCUT2D eigenvalue weighted by Crippen LogP contribution is 2.24. The molecule has 1 atom stereocenters. The van der Waals surface area contributed by atoms with Gasteiger partial charge in [0.1, 0.15) is 12.6 Å². The van der Waals surface area contributed by atoms with Gasteiger partial charge in [-0.1, -0.05) is 54.7 Å². The van der Waals surface area contributed by atoms with Crippen LogP contribution in [0, 0.1) is 6.92 Å². The minimum atomic E-state index is -3.77. The van der Waals surface area contributed by atoms with Crippen molar-refractivity contribution < 1.29 is 18.0 Å². The van der Waals surface area contributed by atoms with Crippen molar-refractivity contribution in [2.45, 2.75) is 46.2 Å². The summed E-state index contributed by atoms with van der Waals surface area (Å²) < 4.78 is 26.2. The van der Waals surface area contributed by atoms with Crippen LogP contribution in [0.4, 0.5) is 5.69 Å². The third kappa shape index (κ3) is 7.89. The Kier molecular flexibility index (Phi) is 10.2. The Morgan fingerprint density at radius 3 is 2.38 bits per heavy atom. The van der Waals surface area contributed by atoms with Crippen LogP contribution in [0.3, 0.4) is 0 Å². The van der Waals surface area contributed by atoms with E-state index in [1.807, 2.05) is 19.9 Å². The van der Waals surface area contributed by atoms with Crippen LogP contribution in [-0.4, -0.2) is 50.5 Å². The van der Waals surface area contributed by atoms with Crippen molar-refractivity contribution in [3.8, 4) is 0 Å². The number of anilines is 1. The minimum absolute atomic E-state index is 0.0590. The molecule has 7 nitrogen and oxygen atoms in total. The van der Waals surface area contributed by atoms with Gasteiger partial charge in [-0.3, -0.25) is 13.9 Å². The summed E-state index contributed by atoms with van der Waals surface area (Å²) in [6.07, 6.45) is 2.78. The fourth-order valence-electron chi connectivity index (χ4n) is 3.35. The number of sulfonamides is 1. The van der Waals surface area contributed by atoms with E-state index in [1.54, 1.807) is 43.3 Å². The van der Waals surface area contributed by atoms with Gasteiger partial charge in [0.25, 0.3) is 0 Å². The summed E-state index contributed by atoms with van der Waals surface area (Å²) in [4.78, 5) is 27.6. The number of hydrogen-bond acceptors (Lipinski definition) is 4. The zero-order valence-corrected chi connectivity index (χ0v) is 22.2. The molecule has 34 heavy (non-hydrogen) atoms. The number of nitrogens with one attached hydrogen (secondary N) is 1. The molecule has 0 aliphatic carbocycles. The first-order valence-corrected chi connectivity index (χ1v) is 13.6. The number of nitrogens with zero attached hydrogens (tertiary/aromatic N) is 2. The first-order valence-electron chi connectivity index (χ1n) is 11.0. The molecule has 1 N–H and O–H groups in total. The summed E-state index contributed by atoms with van der Waals surface area (Å²) in [5.74, 6) is -0.834. The molecule has 0 radical (unpaired) electrons. The van der Waals surface area contributed by atoms with Crippen molar-refractivity contribution in [3.05, 3.63) is 63.6 Å². The number of unbranched alkanes of at least 4 members (excludes halogenated alkanes) is 1. The topological polar surface area (TPSA) is 86.8 Å². The summed E-state index contributed by atoms with van der Waals surface area (Å²) in [6.45, 7) is 5.58. The minimum Gasteiger partial charge on any atom is -0.354 e. The first kappa shape index (κ1) is 28.0. The summed E-state index contributed by atoms with van der Waals surface area (Å²) >= 11 is 12.2. The van der Waals surface area contributed by atoms with Crippen LogP contribution >= 0.6 is 23.2 Å². The number of halogens is 2. The zero-order chi connectivity index (χ0) is 25.5. The summed E-state index contributed by atoms with van der Waals surface area (Å²) in [5, 5.41) is 3.53. The van der Waals surface area contributed by atoms with Crippen LogP contribution in [0.2, 0.25) is 10.0 Å². The molecule has 0 aliphatic rings. The van der Waals surface area contributed by atoms with E-state index < -0.39 is 28.5 Å². The van der Waals surface area contributed by atoms with Crippen LogP contribution in [0.15, 0.2) is 42.5 Å². The molecule has 0 spiro atoms. The third-order valence-electron chi connectivity index (χ3n) is 5.30. The molecule has 2 amide bonds. The van der Waals surface area contributed by atoms with Gasteiger partial charge in [0.2, 0.25) is 21.8 Å². The predicted octanol–water partition coefficient (Wildman–Crippen LogP) is 4.40. The average Bonchev–Trinajstić information content (AvgIpc) is 2.76. The predicted molar refractivity (Wildman–Crippen MR) is 138 cm³/mol. The van der Waals surface area contributed by atoms with Crippen LogP contribution < -0.4 is 9.62 Å². The molecule has 0 saturated carbocycles. The second-order valence-electron chi connectivity index (χ2n) is 8.20.